The van der Waals surface area contributed by atoms with Gasteiger partial charge in [0.25, 0.3) is 5.91 Å². The largest absolute Gasteiger partial charge is 0.423 e. The summed E-state index contributed by atoms with van der Waals surface area (Å²) < 4.78 is 11.3. The Morgan fingerprint density at radius 1 is 1.15 bits per heavy atom. The van der Waals surface area contributed by atoms with Gasteiger partial charge in [-0.05, 0) is 43.3 Å². The Morgan fingerprint density at radius 2 is 1.96 bits per heavy atom. The van der Waals surface area contributed by atoms with Crippen LogP contribution in [0.25, 0.3) is 11.0 Å². The topological polar surface area (TPSA) is 85.6 Å². The van der Waals surface area contributed by atoms with Crippen molar-refractivity contribution in [1.29, 1.82) is 0 Å². The van der Waals surface area contributed by atoms with E-state index in [9.17, 15) is 14.4 Å². The molecule has 0 aliphatic rings. The summed E-state index contributed by atoms with van der Waals surface area (Å²) in [6.07, 6.45) is 0. The van der Waals surface area contributed by atoms with Crippen LogP contribution in [0, 0.1) is 0 Å². The van der Waals surface area contributed by atoms with Gasteiger partial charge in [0.1, 0.15) is 16.9 Å². The predicted molar refractivity (Wildman–Crippen MR) is 99.6 cm³/mol. The van der Waals surface area contributed by atoms with Crippen molar-refractivity contribution in [2.24, 2.45) is 0 Å². The highest BCUT2D eigenvalue weighted by atomic mass is 79.9. The minimum absolute atomic E-state index is 0.0711. The molecule has 0 bridgehead atoms. The Morgan fingerprint density at radius 3 is 2.69 bits per heavy atom. The lowest BCUT2D eigenvalue weighted by Crippen LogP contribution is -2.27. The molecule has 1 N–H and O–H groups in total. The van der Waals surface area contributed by atoms with Gasteiger partial charge < -0.3 is 14.5 Å². The second kappa shape index (κ2) is 7.53. The molecule has 0 fully saturated rings. The number of ether oxygens (including phenoxy) is 1. The molecule has 0 saturated heterocycles. The molecule has 0 aliphatic carbocycles. The van der Waals surface area contributed by atoms with E-state index >= 15 is 0 Å². The molecular weight excluding hydrogens is 402 g/mol. The van der Waals surface area contributed by atoms with Crippen molar-refractivity contribution in [3.8, 4) is 5.75 Å². The predicted octanol–water partition coefficient (Wildman–Crippen LogP) is 3.52. The molecule has 3 aromatic rings. The van der Waals surface area contributed by atoms with Crippen LogP contribution in [-0.4, -0.2) is 18.4 Å². The maximum atomic E-state index is 12.2. The van der Waals surface area contributed by atoms with Crippen molar-refractivity contribution in [2.45, 2.75) is 6.92 Å². The highest BCUT2D eigenvalue weighted by Crippen LogP contribution is 2.22. The minimum Gasteiger partial charge on any atom is -0.423 e. The van der Waals surface area contributed by atoms with E-state index in [2.05, 4.69) is 21.2 Å². The van der Waals surface area contributed by atoms with E-state index in [0.29, 0.717) is 17.5 Å². The van der Waals surface area contributed by atoms with E-state index in [-0.39, 0.29) is 16.9 Å². The molecule has 1 aromatic heterocycles. The van der Waals surface area contributed by atoms with Crippen LogP contribution >= 0.6 is 15.9 Å². The van der Waals surface area contributed by atoms with E-state index in [4.69, 9.17) is 9.15 Å². The molecule has 132 valence electrons. The summed E-state index contributed by atoms with van der Waals surface area (Å²) in [6, 6.07) is 12.9. The van der Waals surface area contributed by atoms with Crippen LogP contribution in [0.2, 0.25) is 0 Å². The van der Waals surface area contributed by atoms with E-state index in [1.165, 1.54) is 12.1 Å². The maximum absolute atomic E-state index is 12.2. The molecule has 1 heterocycles. The third kappa shape index (κ3) is 3.83. The molecule has 0 atom stereocenters. The standard InChI is InChI=1S/C19H14BrNO5/c1-2-21-17(22)15-9-11-6-7-14(10-16(11)26-19(15)24)25-18(23)12-4-3-5-13(20)8-12/h3-10H,2H2,1H3,(H,21,22). The number of nitrogens with one attached hydrogen (secondary N) is 1. The van der Waals surface area contributed by atoms with Crippen molar-refractivity contribution < 1.29 is 18.7 Å². The zero-order valence-corrected chi connectivity index (χ0v) is 15.3. The van der Waals surface area contributed by atoms with Gasteiger partial charge in [-0.15, -0.1) is 0 Å². The second-order valence-corrected chi connectivity index (χ2v) is 6.32. The average Bonchev–Trinajstić information content (AvgIpc) is 2.61. The Balaban J connectivity index is 1.90. The molecule has 3 rings (SSSR count). The van der Waals surface area contributed by atoms with E-state index in [0.717, 1.165) is 4.47 Å². The molecule has 6 nitrogen and oxygen atoms in total. The summed E-state index contributed by atoms with van der Waals surface area (Å²) in [7, 11) is 0. The molecule has 0 unspecified atom stereocenters. The first-order valence-electron chi connectivity index (χ1n) is 7.82. The zero-order valence-electron chi connectivity index (χ0n) is 13.7. The van der Waals surface area contributed by atoms with Gasteiger partial charge in [0, 0.05) is 22.5 Å². The molecule has 26 heavy (non-hydrogen) atoms. The third-order valence-corrected chi connectivity index (χ3v) is 4.05. The van der Waals surface area contributed by atoms with Crippen LogP contribution in [0.1, 0.15) is 27.6 Å². The number of rotatable bonds is 4. The average molecular weight is 416 g/mol. The zero-order chi connectivity index (χ0) is 18.7. The smallest absolute Gasteiger partial charge is 0.349 e. The van der Waals surface area contributed by atoms with Gasteiger partial charge in [0.05, 0.1) is 5.56 Å². The van der Waals surface area contributed by atoms with Crippen LogP contribution in [-0.2, 0) is 0 Å². The molecule has 0 spiro atoms. The van der Waals surface area contributed by atoms with Gasteiger partial charge in [-0.1, -0.05) is 22.0 Å². The normalized spacial score (nSPS) is 10.5. The fourth-order valence-electron chi connectivity index (χ4n) is 2.35. The van der Waals surface area contributed by atoms with Gasteiger partial charge in [-0.25, -0.2) is 9.59 Å². The molecule has 0 aliphatic heterocycles. The highest BCUT2D eigenvalue weighted by molar-refractivity contribution is 9.10. The number of esters is 1. The SMILES string of the molecule is CCNC(=O)c1cc2ccc(OC(=O)c3cccc(Br)c3)cc2oc1=O. The van der Waals surface area contributed by atoms with Gasteiger partial charge in [0.2, 0.25) is 0 Å². The lowest BCUT2D eigenvalue weighted by molar-refractivity contribution is 0.0734. The second-order valence-electron chi connectivity index (χ2n) is 5.41. The first-order valence-corrected chi connectivity index (χ1v) is 8.61. The molecular formula is C19H14BrNO5. The molecule has 0 radical (unpaired) electrons. The van der Waals surface area contributed by atoms with Crippen LogP contribution in [0.3, 0.4) is 0 Å². The first kappa shape index (κ1) is 17.9. The number of benzene rings is 2. The molecule has 1 amide bonds. The Kier molecular flexibility index (Phi) is 5.18. The number of amides is 1. The quantitative estimate of drug-likeness (QED) is 0.400. The highest BCUT2D eigenvalue weighted by Gasteiger charge is 2.14. The van der Waals surface area contributed by atoms with Crippen LogP contribution < -0.4 is 15.7 Å². The van der Waals surface area contributed by atoms with Gasteiger partial charge in [-0.2, -0.15) is 0 Å². The summed E-state index contributed by atoms with van der Waals surface area (Å²) in [5, 5.41) is 3.10. The van der Waals surface area contributed by atoms with Crippen LogP contribution in [0.4, 0.5) is 0 Å². The van der Waals surface area contributed by atoms with Crippen molar-refractivity contribution in [3.63, 3.8) is 0 Å². The molecule has 0 saturated carbocycles. The monoisotopic (exact) mass is 415 g/mol. The van der Waals surface area contributed by atoms with Gasteiger partial charge >= 0.3 is 11.6 Å². The fourth-order valence-corrected chi connectivity index (χ4v) is 2.75. The minimum atomic E-state index is -0.751. The van der Waals surface area contributed by atoms with Crippen LogP contribution in [0.15, 0.2) is 62.2 Å². The third-order valence-electron chi connectivity index (χ3n) is 3.56. The van der Waals surface area contributed by atoms with Gasteiger partial charge in [0.15, 0.2) is 0 Å². The van der Waals surface area contributed by atoms with E-state index in [1.54, 1.807) is 43.3 Å². The number of halogens is 1. The Hall–Kier alpha value is -2.93. The van der Waals surface area contributed by atoms with Crippen molar-refractivity contribution in [3.05, 3.63) is 74.6 Å². The number of hydrogen-bond donors (Lipinski definition) is 1. The number of hydrogen-bond acceptors (Lipinski definition) is 5. The van der Waals surface area contributed by atoms with Crippen LogP contribution in [0.5, 0.6) is 5.75 Å². The molecule has 7 heteroatoms. The summed E-state index contributed by atoms with van der Waals surface area (Å²) in [6.45, 7) is 2.16. The van der Waals surface area contributed by atoms with Crippen molar-refractivity contribution >= 4 is 38.8 Å². The lowest BCUT2D eigenvalue weighted by atomic mass is 10.1. The van der Waals surface area contributed by atoms with Crippen molar-refractivity contribution in [2.75, 3.05) is 6.54 Å². The number of fused-ring (bicyclic) bond motifs is 1. The molecule has 2 aromatic carbocycles. The van der Waals surface area contributed by atoms with E-state index < -0.39 is 17.5 Å². The first-order chi connectivity index (χ1) is 12.5. The Bertz CT molecular complexity index is 1060. The fraction of sp³-hybridized carbons (Fsp3) is 0.105. The summed E-state index contributed by atoms with van der Waals surface area (Å²) in [4.78, 5) is 36.1. The number of carbonyl (C=O) groups excluding carboxylic acids is 2. The van der Waals surface area contributed by atoms with Crippen molar-refractivity contribution in [1.82, 2.24) is 5.32 Å². The summed E-state index contributed by atoms with van der Waals surface area (Å²) >= 11 is 3.30. The summed E-state index contributed by atoms with van der Waals surface area (Å²) in [5.41, 5.74) is -0.216. The Labute approximate surface area is 156 Å². The number of carbonyl (C=O) groups is 2. The summed E-state index contributed by atoms with van der Waals surface area (Å²) in [5.74, 6) is -0.795. The maximum Gasteiger partial charge on any atom is 0.349 e. The van der Waals surface area contributed by atoms with Gasteiger partial charge in [-0.3, -0.25) is 4.79 Å². The lowest BCUT2D eigenvalue weighted by Gasteiger charge is -2.06. The van der Waals surface area contributed by atoms with E-state index in [1.807, 2.05) is 0 Å².